The van der Waals surface area contributed by atoms with E-state index in [2.05, 4.69) is 80.6 Å². The third kappa shape index (κ3) is 4.55. The second-order valence-corrected chi connectivity index (χ2v) is 6.52. The van der Waals surface area contributed by atoms with Gasteiger partial charge in [-0.25, -0.2) is 0 Å². The zero-order valence-corrected chi connectivity index (χ0v) is 13.8. The van der Waals surface area contributed by atoms with Crippen molar-refractivity contribution in [1.82, 2.24) is 10.2 Å². The molecule has 2 aromatic rings. The van der Waals surface area contributed by atoms with E-state index in [4.69, 9.17) is 0 Å². The summed E-state index contributed by atoms with van der Waals surface area (Å²) in [4.78, 5) is 2.33. The van der Waals surface area contributed by atoms with Gasteiger partial charge in [0.25, 0.3) is 0 Å². The summed E-state index contributed by atoms with van der Waals surface area (Å²) in [6, 6.07) is 15.8. The fourth-order valence-corrected chi connectivity index (χ4v) is 2.84. The topological polar surface area (TPSA) is 15.3 Å². The van der Waals surface area contributed by atoms with Gasteiger partial charge < -0.3 is 10.2 Å². The van der Waals surface area contributed by atoms with E-state index in [9.17, 15) is 0 Å². The first-order valence-corrected chi connectivity index (χ1v) is 7.91. The Kier molecular flexibility index (Phi) is 5.77. The fraction of sp³-hybridized carbons (Fsp3) is 0.474. The summed E-state index contributed by atoms with van der Waals surface area (Å²) in [7, 11) is 4.35. The predicted molar refractivity (Wildman–Crippen MR) is 92.6 cm³/mol. The Bertz CT molecular complexity index is 555. The average Bonchev–Trinajstić information content (AvgIpc) is 2.46. The molecule has 0 heterocycles. The minimum Gasteiger partial charge on any atom is -0.311 e. The van der Waals surface area contributed by atoms with Crippen LogP contribution in [0.4, 0.5) is 0 Å². The lowest BCUT2D eigenvalue weighted by Crippen LogP contribution is -2.38. The lowest BCUT2D eigenvalue weighted by atomic mass is 10.0. The number of hydrogen-bond donors (Lipinski definition) is 1. The van der Waals surface area contributed by atoms with Crippen molar-refractivity contribution in [3.05, 3.63) is 48.0 Å². The molecule has 0 aliphatic carbocycles. The van der Waals surface area contributed by atoms with Crippen molar-refractivity contribution in [3.8, 4) is 0 Å². The molecule has 21 heavy (non-hydrogen) atoms. The molecule has 1 atom stereocenters. The summed E-state index contributed by atoms with van der Waals surface area (Å²) in [5, 5.41) is 6.32. The quantitative estimate of drug-likeness (QED) is 0.829. The van der Waals surface area contributed by atoms with Gasteiger partial charge in [0, 0.05) is 19.1 Å². The molecular weight excluding hydrogens is 256 g/mol. The van der Waals surface area contributed by atoms with Crippen LogP contribution in [0.3, 0.4) is 0 Å². The highest BCUT2D eigenvalue weighted by Gasteiger charge is 2.12. The van der Waals surface area contributed by atoms with E-state index >= 15 is 0 Å². The summed E-state index contributed by atoms with van der Waals surface area (Å²) < 4.78 is 0. The summed E-state index contributed by atoms with van der Waals surface area (Å²) >= 11 is 0. The highest BCUT2D eigenvalue weighted by atomic mass is 15.1. The Morgan fingerprint density at radius 3 is 2.43 bits per heavy atom. The molecule has 0 bridgehead atoms. The number of nitrogens with zero attached hydrogens (tertiary/aromatic N) is 1. The van der Waals surface area contributed by atoms with Crippen molar-refractivity contribution in [3.63, 3.8) is 0 Å². The van der Waals surface area contributed by atoms with E-state index in [0.717, 1.165) is 19.0 Å². The van der Waals surface area contributed by atoms with Gasteiger partial charge in [-0.1, -0.05) is 56.3 Å². The maximum Gasteiger partial charge on any atom is 0.0217 e. The normalized spacial score (nSPS) is 13.2. The van der Waals surface area contributed by atoms with Crippen LogP contribution in [-0.4, -0.2) is 31.6 Å². The highest BCUT2D eigenvalue weighted by Crippen LogP contribution is 2.18. The predicted octanol–water partition coefficient (Wildman–Crippen LogP) is 3.91. The number of likely N-dealkylation sites (N-methyl/N-ethyl adjacent to an activating group) is 1. The van der Waals surface area contributed by atoms with E-state index in [1.807, 2.05) is 0 Å². The summed E-state index contributed by atoms with van der Waals surface area (Å²) in [5.74, 6) is 0.733. The van der Waals surface area contributed by atoms with Crippen LogP contribution >= 0.6 is 0 Å². The first kappa shape index (κ1) is 16.0. The van der Waals surface area contributed by atoms with Crippen LogP contribution in [0.5, 0.6) is 0 Å². The lowest BCUT2D eigenvalue weighted by molar-refractivity contribution is 0.247. The molecular formula is C19H28N2. The number of nitrogens with one attached hydrogen (secondary N) is 1. The minimum absolute atomic E-state index is 0.597. The Morgan fingerprint density at radius 1 is 1.00 bits per heavy atom. The zero-order chi connectivity index (χ0) is 15.2. The van der Waals surface area contributed by atoms with Gasteiger partial charge in [0.1, 0.15) is 0 Å². The maximum atomic E-state index is 3.64. The first-order chi connectivity index (χ1) is 10.1. The molecule has 1 unspecified atom stereocenters. The summed E-state index contributed by atoms with van der Waals surface area (Å²) in [5.41, 5.74) is 1.38. The van der Waals surface area contributed by atoms with Crippen molar-refractivity contribution in [2.75, 3.05) is 20.6 Å². The van der Waals surface area contributed by atoms with Crippen molar-refractivity contribution in [1.29, 1.82) is 0 Å². The monoisotopic (exact) mass is 284 g/mol. The van der Waals surface area contributed by atoms with E-state index in [1.165, 1.54) is 22.8 Å². The van der Waals surface area contributed by atoms with Crippen LogP contribution < -0.4 is 5.32 Å². The molecule has 0 fully saturated rings. The summed E-state index contributed by atoms with van der Waals surface area (Å²) in [6.07, 6.45) is 1.23. The van der Waals surface area contributed by atoms with Crippen molar-refractivity contribution in [2.24, 2.45) is 5.92 Å². The molecule has 2 nitrogen and oxygen atoms in total. The Balaban J connectivity index is 1.98. The van der Waals surface area contributed by atoms with Gasteiger partial charge in [-0.3, -0.25) is 0 Å². The third-order valence-corrected chi connectivity index (χ3v) is 4.05. The third-order valence-electron chi connectivity index (χ3n) is 4.05. The number of benzene rings is 2. The molecule has 2 rings (SSSR count). The molecule has 0 radical (unpaired) electrons. The van der Waals surface area contributed by atoms with Gasteiger partial charge in [0.2, 0.25) is 0 Å². The lowest BCUT2D eigenvalue weighted by Gasteiger charge is -2.26. The van der Waals surface area contributed by atoms with E-state index in [-0.39, 0.29) is 0 Å². The van der Waals surface area contributed by atoms with Gasteiger partial charge in [0.05, 0.1) is 0 Å². The van der Waals surface area contributed by atoms with Gasteiger partial charge >= 0.3 is 0 Å². The van der Waals surface area contributed by atoms with Crippen molar-refractivity contribution < 1.29 is 0 Å². The van der Waals surface area contributed by atoms with Crippen LogP contribution in [0.25, 0.3) is 10.8 Å². The van der Waals surface area contributed by atoms with E-state index in [0.29, 0.717) is 6.04 Å². The van der Waals surface area contributed by atoms with Crippen LogP contribution in [0.2, 0.25) is 0 Å². The summed E-state index contributed by atoms with van der Waals surface area (Å²) in [6.45, 7) is 6.56. The molecule has 0 saturated carbocycles. The van der Waals surface area contributed by atoms with E-state index in [1.54, 1.807) is 0 Å². The largest absolute Gasteiger partial charge is 0.311 e. The van der Waals surface area contributed by atoms with Crippen LogP contribution in [0.1, 0.15) is 25.8 Å². The van der Waals surface area contributed by atoms with Crippen LogP contribution in [0, 0.1) is 5.92 Å². The van der Waals surface area contributed by atoms with Crippen molar-refractivity contribution >= 4 is 10.8 Å². The molecule has 2 aromatic carbocycles. The van der Waals surface area contributed by atoms with Crippen molar-refractivity contribution in [2.45, 2.75) is 32.9 Å². The Labute approximate surface area is 129 Å². The number of rotatable bonds is 7. The highest BCUT2D eigenvalue weighted by molar-refractivity contribution is 5.85. The molecule has 0 amide bonds. The standard InChI is InChI=1S/C19H28N2/c1-15(2)12-18(21(3)4)14-20-13-17-10-7-9-16-8-5-6-11-19(16)17/h5-11,15,18,20H,12-14H2,1-4H3. The SMILES string of the molecule is CC(C)CC(CNCc1cccc2ccccc12)N(C)C. The fourth-order valence-electron chi connectivity index (χ4n) is 2.84. The average molecular weight is 284 g/mol. The number of hydrogen-bond acceptors (Lipinski definition) is 2. The first-order valence-electron chi connectivity index (χ1n) is 7.91. The van der Waals surface area contributed by atoms with Gasteiger partial charge in [-0.2, -0.15) is 0 Å². The molecule has 114 valence electrons. The van der Waals surface area contributed by atoms with Crippen LogP contribution in [0.15, 0.2) is 42.5 Å². The number of fused-ring (bicyclic) bond motifs is 1. The molecule has 0 spiro atoms. The molecule has 1 N–H and O–H groups in total. The molecule has 0 saturated heterocycles. The molecule has 0 aliphatic rings. The second-order valence-electron chi connectivity index (χ2n) is 6.52. The Morgan fingerprint density at radius 2 is 1.71 bits per heavy atom. The minimum atomic E-state index is 0.597. The Hall–Kier alpha value is -1.38. The smallest absolute Gasteiger partial charge is 0.0217 e. The second kappa shape index (κ2) is 7.58. The van der Waals surface area contributed by atoms with Gasteiger partial charge in [-0.05, 0) is 42.8 Å². The molecule has 0 aliphatic heterocycles. The van der Waals surface area contributed by atoms with Gasteiger partial charge in [-0.15, -0.1) is 0 Å². The van der Waals surface area contributed by atoms with Crippen LogP contribution in [-0.2, 0) is 6.54 Å². The zero-order valence-electron chi connectivity index (χ0n) is 13.8. The van der Waals surface area contributed by atoms with Gasteiger partial charge in [0.15, 0.2) is 0 Å². The van der Waals surface area contributed by atoms with E-state index < -0.39 is 0 Å². The molecule has 0 aromatic heterocycles. The maximum absolute atomic E-state index is 3.64. The molecule has 2 heteroatoms.